The minimum absolute atomic E-state index is 0.0866. The molecule has 0 fully saturated rings. The van der Waals surface area contributed by atoms with E-state index in [-0.39, 0.29) is 16.9 Å². The number of nitriles is 1. The number of rotatable bonds is 9. The van der Waals surface area contributed by atoms with Crippen LogP contribution < -0.4 is 15.5 Å². The molecule has 0 aliphatic rings. The Morgan fingerprint density at radius 3 is 2.40 bits per heavy atom. The summed E-state index contributed by atoms with van der Waals surface area (Å²) in [4.78, 5) is 38.7. The van der Waals surface area contributed by atoms with E-state index in [1.807, 2.05) is 18.7 Å². The molecule has 3 N–H and O–H groups in total. The van der Waals surface area contributed by atoms with E-state index in [0.29, 0.717) is 41.4 Å². The van der Waals surface area contributed by atoms with Crippen molar-refractivity contribution in [3.05, 3.63) is 59.3 Å². The Morgan fingerprint density at radius 2 is 1.80 bits per heavy atom. The Hall–Kier alpha value is -4.65. The molecule has 0 spiro atoms. The summed E-state index contributed by atoms with van der Waals surface area (Å²) in [6.45, 7) is 6.81. The number of nitrogens with zero attached hydrogens (tertiary/aromatic N) is 3. The molecule has 35 heavy (non-hydrogen) atoms. The Balaban J connectivity index is 1.83. The van der Waals surface area contributed by atoms with Gasteiger partial charge in [0, 0.05) is 30.3 Å². The van der Waals surface area contributed by atoms with Crippen LogP contribution in [-0.4, -0.2) is 41.1 Å². The Kier molecular flexibility index (Phi) is 7.84. The smallest absolute Gasteiger partial charge is 0.409 e. The molecule has 10 nitrogen and oxygen atoms in total. The van der Waals surface area contributed by atoms with Crippen molar-refractivity contribution in [3.8, 4) is 17.4 Å². The SMILES string of the molecule is CCN(CC)c1cc(NC(=O)O)c(NC(=O)CC(=O)c2cccc(-c3cc(C)no3)c2)cc1C#N. The molecule has 2 amide bonds. The van der Waals surface area contributed by atoms with Gasteiger partial charge in [0.1, 0.15) is 6.07 Å². The molecule has 0 radical (unpaired) electrons. The number of ketones is 1. The molecule has 0 unspecified atom stereocenters. The lowest BCUT2D eigenvalue weighted by molar-refractivity contribution is -0.115. The van der Waals surface area contributed by atoms with Crippen molar-refractivity contribution < 1.29 is 24.0 Å². The fourth-order valence-electron chi connectivity index (χ4n) is 3.61. The van der Waals surface area contributed by atoms with Gasteiger partial charge < -0.3 is 19.8 Å². The van der Waals surface area contributed by atoms with E-state index in [9.17, 15) is 24.8 Å². The molecule has 3 rings (SSSR count). The molecule has 0 saturated heterocycles. The molecule has 180 valence electrons. The maximum Gasteiger partial charge on any atom is 0.409 e. The lowest BCUT2D eigenvalue weighted by Crippen LogP contribution is -2.24. The highest BCUT2D eigenvalue weighted by Crippen LogP contribution is 2.32. The van der Waals surface area contributed by atoms with Crippen molar-refractivity contribution in [1.82, 2.24) is 5.16 Å². The van der Waals surface area contributed by atoms with Crippen LogP contribution in [-0.2, 0) is 4.79 Å². The Morgan fingerprint density at radius 1 is 1.09 bits per heavy atom. The Bertz CT molecular complexity index is 1300. The highest BCUT2D eigenvalue weighted by molar-refractivity contribution is 6.12. The summed E-state index contributed by atoms with van der Waals surface area (Å²) >= 11 is 0. The first kappa shape index (κ1) is 25.0. The van der Waals surface area contributed by atoms with Crippen LogP contribution in [0.15, 0.2) is 47.0 Å². The van der Waals surface area contributed by atoms with Crippen LogP contribution in [0.1, 0.15) is 41.9 Å². The summed E-state index contributed by atoms with van der Waals surface area (Å²) in [5.41, 5.74) is 2.65. The van der Waals surface area contributed by atoms with Gasteiger partial charge in [-0.2, -0.15) is 5.26 Å². The number of Topliss-reactive ketones (excluding diaryl/α,β-unsaturated/α-hetero) is 1. The molecule has 1 heterocycles. The molecule has 2 aromatic carbocycles. The highest BCUT2D eigenvalue weighted by atomic mass is 16.5. The van der Waals surface area contributed by atoms with Crippen LogP contribution in [0.25, 0.3) is 11.3 Å². The molecular formula is C25H25N5O5. The number of aromatic nitrogens is 1. The number of aryl methyl sites for hydroxylation is 1. The first-order valence-electron chi connectivity index (χ1n) is 11.0. The van der Waals surface area contributed by atoms with Gasteiger partial charge in [0.25, 0.3) is 0 Å². The van der Waals surface area contributed by atoms with E-state index in [1.165, 1.54) is 12.1 Å². The summed E-state index contributed by atoms with van der Waals surface area (Å²) < 4.78 is 5.23. The average molecular weight is 476 g/mol. The first-order chi connectivity index (χ1) is 16.7. The fourth-order valence-corrected chi connectivity index (χ4v) is 3.61. The van der Waals surface area contributed by atoms with Crippen molar-refractivity contribution in [2.45, 2.75) is 27.2 Å². The average Bonchev–Trinajstić information content (AvgIpc) is 3.27. The van der Waals surface area contributed by atoms with Crippen LogP contribution in [0.4, 0.5) is 21.9 Å². The van der Waals surface area contributed by atoms with Gasteiger partial charge in [-0.1, -0.05) is 23.4 Å². The first-order valence-corrected chi connectivity index (χ1v) is 11.0. The van der Waals surface area contributed by atoms with E-state index in [2.05, 4.69) is 21.9 Å². The topological polar surface area (TPSA) is 149 Å². The van der Waals surface area contributed by atoms with Crippen LogP contribution >= 0.6 is 0 Å². The molecule has 3 aromatic rings. The molecular weight excluding hydrogens is 450 g/mol. The third kappa shape index (κ3) is 6.03. The predicted octanol–water partition coefficient (Wildman–Crippen LogP) is 4.67. The van der Waals surface area contributed by atoms with E-state index in [1.54, 1.807) is 37.3 Å². The zero-order chi connectivity index (χ0) is 25.5. The summed E-state index contributed by atoms with van der Waals surface area (Å²) in [5.74, 6) is -0.583. The standard InChI is InChI=1S/C25H25N5O5/c1-4-30(5-2)21-12-20(28-25(33)34)19(11-18(21)14-26)27-24(32)13-22(31)16-7-6-8-17(10-16)23-9-15(3)29-35-23/h6-12,28H,4-5,13H2,1-3H3,(H,27,32)(H,33,34). The van der Waals surface area contributed by atoms with Crippen LogP contribution in [0.5, 0.6) is 0 Å². The minimum atomic E-state index is -1.33. The third-order valence-electron chi connectivity index (χ3n) is 5.29. The van der Waals surface area contributed by atoms with Gasteiger partial charge in [-0.15, -0.1) is 0 Å². The largest absolute Gasteiger partial charge is 0.465 e. The maximum atomic E-state index is 12.8. The normalized spacial score (nSPS) is 10.3. The fraction of sp³-hybridized carbons (Fsp3) is 0.240. The molecule has 0 aliphatic carbocycles. The molecule has 0 atom stereocenters. The number of anilines is 3. The highest BCUT2D eigenvalue weighted by Gasteiger charge is 2.19. The number of amides is 2. The molecule has 0 bridgehead atoms. The van der Waals surface area contributed by atoms with Gasteiger partial charge in [-0.3, -0.25) is 14.9 Å². The molecule has 1 aromatic heterocycles. The number of carboxylic acid groups (broad SMARTS) is 1. The van der Waals surface area contributed by atoms with Gasteiger partial charge in [-0.25, -0.2) is 4.79 Å². The lowest BCUT2D eigenvalue weighted by Gasteiger charge is -2.24. The zero-order valence-electron chi connectivity index (χ0n) is 19.6. The maximum absolute atomic E-state index is 12.8. The number of hydrogen-bond acceptors (Lipinski definition) is 7. The molecule has 0 aliphatic heterocycles. The van der Waals surface area contributed by atoms with Crippen molar-refractivity contribution in [2.75, 3.05) is 28.6 Å². The number of carbonyl (C=O) groups excluding carboxylic acids is 2. The van der Waals surface area contributed by atoms with Gasteiger partial charge in [0.2, 0.25) is 5.91 Å². The van der Waals surface area contributed by atoms with E-state index >= 15 is 0 Å². The van der Waals surface area contributed by atoms with Crippen LogP contribution in [0.3, 0.4) is 0 Å². The molecule has 10 heteroatoms. The van der Waals surface area contributed by atoms with Gasteiger partial charge in [0.05, 0.1) is 34.7 Å². The van der Waals surface area contributed by atoms with Crippen LogP contribution in [0.2, 0.25) is 0 Å². The number of nitrogens with one attached hydrogen (secondary N) is 2. The van der Waals surface area contributed by atoms with Crippen molar-refractivity contribution >= 4 is 34.8 Å². The number of hydrogen-bond donors (Lipinski definition) is 3. The summed E-state index contributed by atoms with van der Waals surface area (Å²) in [6, 6.07) is 13.4. The summed E-state index contributed by atoms with van der Waals surface area (Å²) in [7, 11) is 0. The van der Waals surface area contributed by atoms with E-state index in [0.717, 1.165) is 0 Å². The van der Waals surface area contributed by atoms with Crippen molar-refractivity contribution in [3.63, 3.8) is 0 Å². The minimum Gasteiger partial charge on any atom is -0.465 e. The number of carbonyl (C=O) groups is 3. The summed E-state index contributed by atoms with van der Waals surface area (Å²) in [5, 5.41) is 27.5. The second kappa shape index (κ2) is 11.0. The zero-order valence-corrected chi connectivity index (χ0v) is 19.6. The van der Waals surface area contributed by atoms with Crippen LogP contribution in [0, 0.1) is 18.3 Å². The van der Waals surface area contributed by atoms with Crippen molar-refractivity contribution in [1.29, 1.82) is 5.26 Å². The predicted molar refractivity (Wildman–Crippen MR) is 131 cm³/mol. The van der Waals surface area contributed by atoms with E-state index < -0.39 is 24.2 Å². The third-order valence-corrected chi connectivity index (χ3v) is 5.29. The molecule has 0 saturated carbocycles. The lowest BCUT2D eigenvalue weighted by atomic mass is 10.0. The van der Waals surface area contributed by atoms with Gasteiger partial charge >= 0.3 is 6.09 Å². The van der Waals surface area contributed by atoms with Crippen molar-refractivity contribution in [2.24, 2.45) is 0 Å². The Labute approximate surface area is 202 Å². The summed E-state index contributed by atoms with van der Waals surface area (Å²) in [6.07, 6.45) is -1.81. The van der Waals surface area contributed by atoms with Gasteiger partial charge in [0.15, 0.2) is 11.5 Å². The van der Waals surface area contributed by atoms with E-state index in [4.69, 9.17) is 4.52 Å². The number of benzene rings is 2. The monoisotopic (exact) mass is 475 g/mol. The second-order valence-corrected chi connectivity index (χ2v) is 7.69. The second-order valence-electron chi connectivity index (χ2n) is 7.69. The van der Waals surface area contributed by atoms with Gasteiger partial charge in [-0.05, 0) is 39.0 Å². The quantitative estimate of drug-likeness (QED) is 0.299.